The summed E-state index contributed by atoms with van der Waals surface area (Å²) in [5, 5.41) is 0. The second kappa shape index (κ2) is 4.81. The predicted molar refractivity (Wildman–Crippen MR) is 61.7 cm³/mol. The number of aromatic nitrogens is 2. The van der Waals surface area contributed by atoms with Gasteiger partial charge in [-0.05, 0) is 12.1 Å². The lowest BCUT2D eigenvalue weighted by Crippen LogP contribution is -2.10. The van der Waals surface area contributed by atoms with Crippen LogP contribution in [-0.4, -0.2) is 16.1 Å². The average molecular weight is 255 g/mol. The highest BCUT2D eigenvalue weighted by Crippen LogP contribution is 2.30. The Kier molecular flexibility index (Phi) is 3.38. The lowest BCUT2D eigenvalue weighted by Gasteiger charge is -2.09. The third kappa shape index (κ3) is 2.53. The van der Waals surface area contributed by atoms with Crippen LogP contribution in [0.4, 0.5) is 13.2 Å². The molecule has 96 valence electrons. The zero-order valence-electron chi connectivity index (χ0n) is 9.48. The summed E-state index contributed by atoms with van der Waals surface area (Å²) >= 11 is 0. The Morgan fingerprint density at radius 1 is 1.17 bits per heavy atom. The Bertz CT molecular complexity index is 514. The standard InChI is InChI=1S/C12H12F3N3/c13-12(14,15)10-3-1-9(2-4-10)11-17-6-8-18(11)7-5-16/h1-4,6,8H,5,7,16H2. The van der Waals surface area contributed by atoms with E-state index < -0.39 is 11.7 Å². The van der Waals surface area contributed by atoms with E-state index in [9.17, 15) is 13.2 Å². The van der Waals surface area contributed by atoms with E-state index in [2.05, 4.69) is 4.98 Å². The van der Waals surface area contributed by atoms with E-state index in [4.69, 9.17) is 5.73 Å². The van der Waals surface area contributed by atoms with Crippen LogP contribution >= 0.6 is 0 Å². The fourth-order valence-electron chi connectivity index (χ4n) is 1.70. The smallest absolute Gasteiger partial charge is 0.330 e. The molecule has 0 radical (unpaired) electrons. The Labute approximate surface area is 102 Å². The molecule has 2 aromatic rings. The highest BCUT2D eigenvalue weighted by Gasteiger charge is 2.30. The van der Waals surface area contributed by atoms with Crippen molar-refractivity contribution in [3.8, 4) is 11.4 Å². The van der Waals surface area contributed by atoms with Gasteiger partial charge in [-0.25, -0.2) is 4.98 Å². The normalized spacial score (nSPS) is 11.8. The predicted octanol–water partition coefficient (Wildman–Crippen LogP) is 2.53. The molecule has 0 saturated carbocycles. The quantitative estimate of drug-likeness (QED) is 0.915. The molecule has 0 aliphatic heterocycles. The average Bonchev–Trinajstić information content (AvgIpc) is 2.77. The van der Waals surface area contributed by atoms with Gasteiger partial charge >= 0.3 is 6.18 Å². The van der Waals surface area contributed by atoms with Crippen molar-refractivity contribution in [2.24, 2.45) is 5.73 Å². The topological polar surface area (TPSA) is 43.8 Å². The first kappa shape index (κ1) is 12.6. The zero-order chi connectivity index (χ0) is 13.2. The van der Waals surface area contributed by atoms with Gasteiger partial charge in [-0.1, -0.05) is 12.1 Å². The molecule has 0 fully saturated rings. The first-order valence-corrected chi connectivity index (χ1v) is 5.41. The zero-order valence-corrected chi connectivity index (χ0v) is 9.48. The maximum Gasteiger partial charge on any atom is 0.416 e. The second-order valence-corrected chi connectivity index (χ2v) is 3.81. The molecular formula is C12H12F3N3. The fourth-order valence-corrected chi connectivity index (χ4v) is 1.70. The van der Waals surface area contributed by atoms with Crippen molar-refractivity contribution in [2.75, 3.05) is 6.54 Å². The molecule has 3 nitrogen and oxygen atoms in total. The molecule has 2 N–H and O–H groups in total. The SMILES string of the molecule is NCCn1ccnc1-c1ccc(C(F)(F)F)cc1. The van der Waals surface area contributed by atoms with Crippen LogP contribution in [0.5, 0.6) is 0 Å². The van der Waals surface area contributed by atoms with E-state index in [0.29, 0.717) is 24.5 Å². The molecule has 0 saturated heterocycles. The summed E-state index contributed by atoms with van der Waals surface area (Å²) in [6, 6.07) is 4.93. The number of nitrogens with two attached hydrogens (primary N) is 1. The Morgan fingerprint density at radius 3 is 2.39 bits per heavy atom. The van der Waals surface area contributed by atoms with Crippen LogP contribution in [-0.2, 0) is 12.7 Å². The summed E-state index contributed by atoms with van der Waals surface area (Å²) in [7, 11) is 0. The van der Waals surface area contributed by atoms with Gasteiger partial charge in [0.25, 0.3) is 0 Å². The van der Waals surface area contributed by atoms with E-state index in [1.807, 2.05) is 4.57 Å². The van der Waals surface area contributed by atoms with Gasteiger partial charge in [-0.15, -0.1) is 0 Å². The molecule has 0 atom stereocenters. The van der Waals surface area contributed by atoms with Gasteiger partial charge in [-0.2, -0.15) is 13.2 Å². The molecule has 6 heteroatoms. The molecule has 1 aromatic carbocycles. The summed E-state index contributed by atoms with van der Waals surface area (Å²) in [5.74, 6) is 0.620. The number of alkyl halides is 3. The van der Waals surface area contributed by atoms with Crippen LogP contribution < -0.4 is 5.73 Å². The van der Waals surface area contributed by atoms with Crippen LogP contribution in [0.3, 0.4) is 0 Å². The van der Waals surface area contributed by atoms with Crippen molar-refractivity contribution in [1.29, 1.82) is 0 Å². The monoisotopic (exact) mass is 255 g/mol. The number of hydrogen-bond donors (Lipinski definition) is 1. The van der Waals surface area contributed by atoms with Gasteiger partial charge in [0.15, 0.2) is 0 Å². The van der Waals surface area contributed by atoms with Gasteiger partial charge in [0.2, 0.25) is 0 Å². The van der Waals surface area contributed by atoms with E-state index in [0.717, 1.165) is 12.1 Å². The summed E-state index contributed by atoms with van der Waals surface area (Å²) < 4.78 is 39.1. The number of imidazole rings is 1. The van der Waals surface area contributed by atoms with E-state index in [1.165, 1.54) is 12.1 Å². The highest BCUT2D eigenvalue weighted by atomic mass is 19.4. The van der Waals surface area contributed by atoms with Gasteiger partial charge in [0.05, 0.1) is 5.56 Å². The Hall–Kier alpha value is -1.82. The molecule has 0 spiro atoms. The minimum atomic E-state index is -4.31. The van der Waals surface area contributed by atoms with Crippen molar-refractivity contribution in [2.45, 2.75) is 12.7 Å². The number of halogens is 3. The van der Waals surface area contributed by atoms with Crippen molar-refractivity contribution in [3.05, 3.63) is 42.2 Å². The summed E-state index contributed by atoms with van der Waals surface area (Å²) in [6.07, 6.45) is -0.965. The first-order valence-electron chi connectivity index (χ1n) is 5.41. The molecule has 0 aliphatic rings. The molecule has 1 heterocycles. The third-order valence-electron chi connectivity index (χ3n) is 2.56. The molecule has 0 unspecified atom stereocenters. The van der Waals surface area contributed by atoms with Gasteiger partial charge in [0, 0.05) is 31.0 Å². The number of benzene rings is 1. The largest absolute Gasteiger partial charge is 0.416 e. The van der Waals surface area contributed by atoms with Gasteiger partial charge in [0.1, 0.15) is 5.82 Å². The summed E-state index contributed by atoms with van der Waals surface area (Å²) in [5.41, 5.74) is 5.43. The molecular weight excluding hydrogens is 243 g/mol. The highest BCUT2D eigenvalue weighted by molar-refractivity contribution is 5.56. The molecule has 0 bridgehead atoms. The maximum absolute atomic E-state index is 12.4. The van der Waals surface area contributed by atoms with E-state index in [1.54, 1.807) is 12.4 Å². The molecule has 1 aromatic heterocycles. The molecule has 0 aliphatic carbocycles. The third-order valence-corrected chi connectivity index (χ3v) is 2.56. The number of nitrogens with zero attached hydrogens (tertiary/aromatic N) is 2. The molecule has 2 rings (SSSR count). The molecule has 0 amide bonds. The van der Waals surface area contributed by atoms with Crippen LogP contribution in [0.25, 0.3) is 11.4 Å². The Morgan fingerprint density at radius 2 is 1.83 bits per heavy atom. The second-order valence-electron chi connectivity index (χ2n) is 3.81. The Balaban J connectivity index is 2.32. The minimum Gasteiger partial charge on any atom is -0.330 e. The number of hydrogen-bond acceptors (Lipinski definition) is 2. The lowest BCUT2D eigenvalue weighted by molar-refractivity contribution is -0.137. The first-order chi connectivity index (χ1) is 8.52. The lowest BCUT2D eigenvalue weighted by atomic mass is 10.1. The summed E-state index contributed by atoms with van der Waals surface area (Å²) in [4.78, 5) is 4.12. The van der Waals surface area contributed by atoms with Crippen molar-refractivity contribution in [3.63, 3.8) is 0 Å². The van der Waals surface area contributed by atoms with Crippen molar-refractivity contribution >= 4 is 0 Å². The van der Waals surface area contributed by atoms with Crippen LogP contribution in [0, 0.1) is 0 Å². The van der Waals surface area contributed by atoms with Crippen molar-refractivity contribution in [1.82, 2.24) is 9.55 Å². The molecule has 18 heavy (non-hydrogen) atoms. The van der Waals surface area contributed by atoms with Crippen LogP contribution in [0.1, 0.15) is 5.56 Å². The van der Waals surface area contributed by atoms with Gasteiger partial charge < -0.3 is 10.3 Å². The van der Waals surface area contributed by atoms with E-state index in [-0.39, 0.29) is 0 Å². The van der Waals surface area contributed by atoms with Crippen molar-refractivity contribution < 1.29 is 13.2 Å². The minimum absolute atomic E-state index is 0.448. The number of rotatable bonds is 3. The van der Waals surface area contributed by atoms with Gasteiger partial charge in [-0.3, -0.25) is 0 Å². The fraction of sp³-hybridized carbons (Fsp3) is 0.250. The van der Waals surface area contributed by atoms with E-state index >= 15 is 0 Å². The summed E-state index contributed by atoms with van der Waals surface area (Å²) in [6.45, 7) is 1.03. The van der Waals surface area contributed by atoms with Crippen LogP contribution in [0.15, 0.2) is 36.7 Å². The van der Waals surface area contributed by atoms with Crippen LogP contribution in [0.2, 0.25) is 0 Å². The maximum atomic E-state index is 12.4.